The number of hydrogen-bond acceptors (Lipinski definition) is 2. The molecule has 16 heavy (non-hydrogen) atoms. The van der Waals surface area contributed by atoms with E-state index >= 15 is 0 Å². The van der Waals surface area contributed by atoms with Gasteiger partial charge >= 0.3 is 0 Å². The van der Waals surface area contributed by atoms with Gasteiger partial charge in [-0.3, -0.25) is 0 Å². The number of ether oxygens (including phenoxy) is 2. The molecule has 0 N–H and O–H groups in total. The quantitative estimate of drug-likeness (QED) is 0.583. The minimum Gasteiger partial charge on any atom is -0.381 e. The van der Waals surface area contributed by atoms with E-state index in [0.717, 1.165) is 31.4 Å². The molecule has 0 aromatic heterocycles. The van der Waals surface area contributed by atoms with Gasteiger partial charge in [-0.2, -0.15) is 0 Å². The van der Waals surface area contributed by atoms with Crippen LogP contribution in [0.4, 0.5) is 0 Å². The SMILES string of the molecule is BrCC1(OC2CCOCC2)CCCCCC1. The minimum absolute atomic E-state index is 0.124. The molecular formula is C13H23BrO2. The summed E-state index contributed by atoms with van der Waals surface area (Å²) >= 11 is 3.67. The van der Waals surface area contributed by atoms with Gasteiger partial charge in [-0.15, -0.1) is 0 Å². The van der Waals surface area contributed by atoms with Crippen molar-refractivity contribution in [3.05, 3.63) is 0 Å². The zero-order chi connectivity index (χ0) is 11.3. The lowest BCUT2D eigenvalue weighted by Crippen LogP contribution is -2.40. The molecule has 0 aromatic carbocycles. The first-order valence-corrected chi connectivity index (χ1v) is 7.78. The van der Waals surface area contributed by atoms with Crippen molar-refractivity contribution in [1.82, 2.24) is 0 Å². The average molecular weight is 291 g/mol. The molecule has 0 bridgehead atoms. The smallest absolute Gasteiger partial charge is 0.0782 e. The second-order valence-corrected chi connectivity index (χ2v) is 5.72. The lowest BCUT2D eigenvalue weighted by molar-refractivity contribution is -0.120. The van der Waals surface area contributed by atoms with Gasteiger partial charge in [0.05, 0.1) is 11.7 Å². The van der Waals surface area contributed by atoms with E-state index in [1.165, 1.54) is 38.5 Å². The van der Waals surface area contributed by atoms with Crippen LogP contribution in [0.2, 0.25) is 0 Å². The van der Waals surface area contributed by atoms with E-state index in [0.29, 0.717) is 6.10 Å². The van der Waals surface area contributed by atoms with Gasteiger partial charge in [-0.25, -0.2) is 0 Å². The molecule has 1 heterocycles. The van der Waals surface area contributed by atoms with Gasteiger partial charge in [0.25, 0.3) is 0 Å². The summed E-state index contributed by atoms with van der Waals surface area (Å²) in [7, 11) is 0. The maximum atomic E-state index is 6.42. The predicted octanol–water partition coefficient (Wildman–Crippen LogP) is 3.67. The number of alkyl halides is 1. The summed E-state index contributed by atoms with van der Waals surface area (Å²) in [6, 6.07) is 0. The maximum Gasteiger partial charge on any atom is 0.0782 e. The highest BCUT2D eigenvalue weighted by atomic mass is 79.9. The monoisotopic (exact) mass is 290 g/mol. The fourth-order valence-electron chi connectivity index (χ4n) is 2.80. The van der Waals surface area contributed by atoms with Crippen LogP contribution in [0, 0.1) is 0 Å². The van der Waals surface area contributed by atoms with Crippen LogP contribution in [0.5, 0.6) is 0 Å². The predicted molar refractivity (Wildman–Crippen MR) is 69.2 cm³/mol. The van der Waals surface area contributed by atoms with Crippen LogP contribution in [0.15, 0.2) is 0 Å². The largest absolute Gasteiger partial charge is 0.381 e. The summed E-state index contributed by atoms with van der Waals surface area (Å²) in [5.41, 5.74) is 0.124. The van der Waals surface area contributed by atoms with Crippen molar-refractivity contribution in [3.63, 3.8) is 0 Å². The van der Waals surface area contributed by atoms with Gasteiger partial charge in [0.15, 0.2) is 0 Å². The van der Waals surface area contributed by atoms with Gasteiger partial charge in [-0.1, -0.05) is 41.6 Å². The van der Waals surface area contributed by atoms with Crippen LogP contribution in [0.1, 0.15) is 51.4 Å². The molecule has 2 nitrogen and oxygen atoms in total. The molecule has 1 aliphatic heterocycles. The average Bonchev–Trinajstić information content (AvgIpc) is 2.57. The van der Waals surface area contributed by atoms with E-state index in [1.54, 1.807) is 0 Å². The van der Waals surface area contributed by atoms with Crippen molar-refractivity contribution >= 4 is 15.9 Å². The normalized spacial score (nSPS) is 27.6. The highest BCUT2D eigenvalue weighted by Crippen LogP contribution is 2.34. The summed E-state index contributed by atoms with van der Waals surface area (Å²) in [5.74, 6) is 0. The summed E-state index contributed by atoms with van der Waals surface area (Å²) in [4.78, 5) is 0. The third-order valence-electron chi connectivity index (χ3n) is 3.84. The second-order valence-electron chi connectivity index (χ2n) is 5.16. The van der Waals surface area contributed by atoms with Crippen LogP contribution < -0.4 is 0 Å². The molecule has 1 saturated carbocycles. The van der Waals surface area contributed by atoms with E-state index < -0.39 is 0 Å². The zero-order valence-corrected chi connectivity index (χ0v) is 11.6. The number of halogens is 1. The molecule has 0 aromatic rings. The van der Waals surface area contributed by atoms with Crippen molar-refractivity contribution in [2.75, 3.05) is 18.5 Å². The standard InChI is InChI=1S/C13H23BrO2/c14-11-13(7-3-1-2-4-8-13)16-12-5-9-15-10-6-12/h12H,1-11H2. The fourth-order valence-corrected chi connectivity index (χ4v) is 3.50. The van der Waals surface area contributed by atoms with Crippen LogP contribution in [-0.2, 0) is 9.47 Å². The van der Waals surface area contributed by atoms with Crippen LogP contribution >= 0.6 is 15.9 Å². The second kappa shape index (κ2) is 6.36. The van der Waals surface area contributed by atoms with Gasteiger partial charge in [-0.05, 0) is 25.7 Å². The van der Waals surface area contributed by atoms with Crippen LogP contribution in [-0.4, -0.2) is 30.2 Å². The molecular weight excluding hydrogens is 268 g/mol. The Kier molecular flexibility index (Phi) is 5.11. The molecule has 1 aliphatic carbocycles. The molecule has 0 amide bonds. The van der Waals surface area contributed by atoms with Gasteiger partial charge in [0.2, 0.25) is 0 Å². The molecule has 0 unspecified atom stereocenters. The fraction of sp³-hybridized carbons (Fsp3) is 1.00. The Bertz CT molecular complexity index is 194. The van der Waals surface area contributed by atoms with Crippen molar-refractivity contribution in [2.45, 2.75) is 63.1 Å². The van der Waals surface area contributed by atoms with Gasteiger partial charge in [0.1, 0.15) is 0 Å². The molecule has 94 valence electrons. The lowest BCUT2D eigenvalue weighted by atomic mass is 9.95. The van der Waals surface area contributed by atoms with E-state index in [2.05, 4.69) is 15.9 Å². The topological polar surface area (TPSA) is 18.5 Å². The molecule has 0 spiro atoms. The Balaban J connectivity index is 1.90. The minimum atomic E-state index is 0.124. The third-order valence-corrected chi connectivity index (χ3v) is 4.87. The van der Waals surface area contributed by atoms with Crippen LogP contribution in [0.3, 0.4) is 0 Å². The first kappa shape index (κ1) is 12.8. The Morgan fingerprint density at radius 3 is 2.25 bits per heavy atom. The Labute approximate surface area is 107 Å². The molecule has 0 radical (unpaired) electrons. The summed E-state index contributed by atoms with van der Waals surface area (Å²) in [6.45, 7) is 1.76. The van der Waals surface area contributed by atoms with E-state index in [1.807, 2.05) is 0 Å². The van der Waals surface area contributed by atoms with Crippen LogP contribution in [0.25, 0.3) is 0 Å². The molecule has 0 atom stereocenters. The lowest BCUT2D eigenvalue weighted by Gasteiger charge is -2.36. The first-order valence-electron chi connectivity index (χ1n) is 6.66. The van der Waals surface area contributed by atoms with E-state index in [4.69, 9.17) is 9.47 Å². The van der Waals surface area contributed by atoms with Gasteiger partial charge < -0.3 is 9.47 Å². The van der Waals surface area contributed by atoms with Gasteiger partial charge in [0, 0.05) is 18.5 Å². The van der Waals surface area contributed by atoms with E-state index in [9.17, 15) is 0 Å². The summed E-state index contributed by atoms with van der Waals surface area (Å²) < 4.78 is 11.8. The Morgan fingerprint density at radius 2 is 1.69 bits per heavy atom. The number of hydrogen-bond donors (Lipinski definition) is 0. The summed E-state index contributed by atoms with van der Waals surface area (Å²) in [6.07, 6.45) is 10.5. The maximum absolute atomic E-state index is 6.42. The molecule has 2 rings (SSSR count). The number of rotatable bonds is 3. The summed E-state index contributed by atoms with van der Waals surface area (Å²) in [5, 5.41) is 0.997. The highest BCUT2D eigenvalue weighted by Gasteiger charge is 2.33. The molecule has 2 aliphatic rings. The third kappa shape index (κ3) is 3.44. The van der Waals surface area contributed by atoms with E-state index in [-0.39, 0.29) is 5.60 Å². The first-order chi connectivity index (χ1) is 7.85. The van der Waals surface area contributed by atoms with Crippen molar-refractivity contribution in [2.24, 2.45) is 0 Å². The molecule has 2 fully saturated rings. The Hall–Kier alpha value is 0.400. The molecule has 3 heteroatoms. The van der Waals surface area contributed by atoms with Crippen molar-refractivity contribution < 1.29 is 9.47 Å². The van der Waals surface area contributed by atoms with Crippen molar-refractivity contribution in [3.8, 4) is 0 Å². The zero-order valence-electron chi connectivity index (χ0n) is 10.0. The van der Waals surface area contributed by atoms with Crippen molar-refractivity contribution in [1.29, 1.82) is 0 Å². The molecule has 1 saturated heterocycles. The highest BCUT2D eigenvalue weighted by molar-refractivity contribution is 9.09. The Morgan fingerprint density at radius 1 is 1.06 bits per heavy atom.